The molecule has 0 spiro atoms. The molecule has 0 saturated heterocycles. The van der Waals surface area contributed by atoms with Crippen LogP contribution in [0.1, 0.15) is 21.5 Å². The second-order valence-corrected chi connectivity index (χ2v) is 10.3. The van der Waals surface area contributed by atoms with Crippen LogP contribution in [0.3, 0.4) is 0 Å². The summed E-state index contributed by atoms with van der Waals surface area (Å²) in [6.07, 6.45) is 1.27. The number of rotatable bonds is 10. The van der Waals surface area contributed by atoms with Crippen molar-refractivity contribution in [3.05, 3.63) is 81.8 Å². The van der Waals surface area contributed by atoms with E-state index < -0.39 is 28.4 Å². The van der Waals surface area contributed by atoms with E-state index in [0.29, 0.717) is 21.5 Å². The molecule has 0 atom stereocenters. The Hall–Kier alpha value is -3.74. The third kappa shape index (κ3) is 7.62. The van der Waals surface area contributed by atoms with E-state index in [0.717, 1.165) is 5.56 Å². The average Bonchev–Trinajstić information content (AvgIpc) is 2.88. The van der Waals surface area contributed by atoms with Crippen LogP contribution in [0.25, 0.3) is 0 Å². The molecule has 0 heterocycles. The Morgan fingerprint density at radius 1 is 0.946 bits per heavy atom. The lowest BCUT2D eigenvalue weighted by atomic mass is 10.2. The molecule has 3 aromatic carbocycles. The topological polar surface area (TPSA) is 132 Å². The Labute approximate surface area is 222 Å². The second kappa shape index (κ2) is 12.5. The van der Waals surface area contributed by atoms with Gasteiger partial charge in [-0.3, -0.25) is 4.79 Å². The summed E-state index contributed by atoms with van der Waals surface area (Å²) >= 11 is 3.34. The number of ether oxygens (including phenoxy) is 3. The van der Waals surface area contributed by atoms with Gasteiger partial charge in [-0.15, -0.1) is 0 Å². The number of carbonyl (C=O) groups is 2. The van der Waals surface area contributed by atoms with Crippen LogP contribution in [-0.4, -0.2) is 47.3 Å². The summed E-state index contributed by atoms with van der Waals surface area (Å²) < 4.78 is 43.5. The van der Waals surface area contributed by atoms with E-state index in [-0.39, 0.29) is 16.2 Å². The van der Waals surface area contributed by atoms with Crippen molar-refractivity contribution >= 4 is 44.0 Å². The first-order valence-electron chi connectivity index (χ1n) is 10.7. The van der Waals surface area contributed by atoms with Gasteiger partial charge in [0.2, 0.25) is 10.0 Å². The van der Waals surface area contributed by atoms with Crippen molar-refractivity contribution in [1.29, 1.82) is 0 Å². The van der Waals surface area contributed by atoms with Crippen molar-refractivity contribution in [1.82, 2.24) is 10.1 Å². The summed E-state index contributed by atoms with van der Waals surface area (Å²) in [5.74, 6) is -0.318. The minimum atomic E-state index is -3.85. The molecule has 0 radical (unpaired) electrons. The molecule has 2 N–H and O–H groups in total. The number of hydrogen-bond donors (Lipinski definition) is 2. The maximum Gasteiger partial charge on any atom is 0.343 e. The number of sulfonamides is 1. The molecule has 0 bridgehead atoms. The highest BCUT2D eigenvalue weighted by Gasteiger charge is 2.16. The van der Waals surface area contributed by atoms with Gasteiger partial charge >= 0.3 is 5.97 Å². The smallest absolute Gasteiger partial charge is 0.343 e. The van der Waals surface area contributed by atoms with Gasteiger partial charge in [0.05, 0.1) is 37.4 Å². The molecule has 37 heavy (non-hydrogen) atoms. The number of hydrazone groups is 1. The zero-order valence-corrected chi connectivity index (χ0v) is 22.6. The minimum absolute atomic E-state index is 0.0458. The Morgan fingerprint density at radius 3 is 2.30 bits per heavy atom. The Balaban J connectivity index is 1.65. The first-order valence-corrected chi connectivity index (χ1v) is 13.0. The molecule has 0 aliphatic carbocycles. The van der Waals surface area contributed by atoms with E-state index in [4.69, 9.17) is 14.2 Å². The maximum atomic E-state index is 12.7. The van der Waals surface area contributed by atoms with Crippen molar-refractivity contribution in [3.8, 4) is 17.2 Å². The lowest BCUT2D eigenvalue weighted by Gasteiger charge is -2.11. The fourth-order valence-electron chi connectivity index (χ4n) is 3.01. The van der Waals surface area contributed by atoms with E-state index in [1.54, 1.807) is 36.4 Å². The van der Waals surface area contributed by atoms with Gasteiger partial charge in [-0.25, -0.2) is 23.4 Å². The third-order valence-corrected chi connectivity index (χ3v) is 6.85. The molecule has 1 amide bonds. The molecule has 3 rings (SSSR count). The molecule has 0 aromatic heterocycles. The van der Waals surface area contributed by atoms with Gasteiger partial charge in [0.1, 0.15) is 5.75 Å². The number of methoxy groups -OCH3 is 2. The van der Waals surface area contributed by atoms with E-state index in [1.165, 1.54) is 44.7 Å². The highest BCUT2D eigenvalue weighted by molar-refractivity contribution is 9.10. The van der Waals surface area contributed by atoms with Gasteiger partial charge in [0, 0.05) is 10.0 Å². The molecule has 0 fully saturated rings. The number of carbonyl (C=O) groups excluding carboxylic acids is 2. The van der Waals surface area contributed by atoms with Crippen LogP contribution in [0.5, 0.6) is 17.2 Å². The van der Waals surface area contributed by atoms with Crippen LogP contribution in [0.15, 0.2) is 75.1 Å². The normalized spacial score (nSPS) is 11.2. The fourth-order valence-corrected chi connectivity index (χ4v) is 4.37. The first kappa shape index (κ1) is 27.8. The van der Waals surface area contributed by atoms with Crippen LogP contribution in [0.2, 0.25) is 0 Å². The molecule has 0 unspecified atom stereocenters. The summed E-state index contributed by atoms with van der Waals surface area (Å²) in [7, 11) is -0.911. The molecule has 10 nitrogen and oxygen atoms in total. The van der Waals surface area contributed by atoms with Crippen molar-refractivity contribution in [2.24, 2.45) is 5.10 Å². The number of hydrogen-bond acceptors (Lipinski definition) is 8. The molecular formula is C25H24BrN3O7S. The predicted molar refractivity (Wildman–Crippen MR) is 141 cm³/mol. The highest BCUT2D eigenvalue weighted by atomic mass is 79.9. The van der Waals surface area contributed by atoms with Gasteiger partial charge in [0.15, 0.2) is 11.5 Å². The Bertz CT molecular complexity index is 1420. The molecule has 3 aromatic rings. The van der Waals surface area contributed by atoms with Crippen molar-refractivity contribution in [2.75, 3.05) is 20.8 Å². The first-order chi connectivity index (χ1) is 17.6. The van der Waals surface area contributed by atoms with Crippen LogP contribution in [-0.2, 0) is 14.8 Å². The standard InChI is InChI=1S/C25H24BrN3O7S/c1-16-4-8-20(9-5-16)37(32,33)28-15-24(30)29-27-14-18-12-19(26)7-11-21(18)36-25(31)17-6-10-22(34-2)23(13-17)35-3/h4-14,28H,15H2,1-3H3,(H,29,30)/b27-14+. The number of aryl methyl sites for hydroxylation is 1. The number of nitrogens with zero attached hydrogens (tertiary/aromatic N) is 1. The van der Waals surface area contributed by atoms with E-state index >= 15 is 0 Å². The lowest BCUT2D eigenvalue weighted by molar-refractivity contribution is -0.119. The monoisotopic (exact) mass is 589 g/mol. The SMILES string of the molecule is COc1ccc(C(=O)Oc2ccc(Br)cc2/C=N/NC(=O)CNS(=O)(=O)c2ccc(C)cc2)cc1OC. The van der Waals surface area contributed by atoms with Crippen LogP contribution >= 0.6 is 15.9 Å². The number of halogens is 1. The largest absolute Gasteiger partial charge is 0.493 e. The van der Waals surface area contributed by atoms with Crippen molar-refractivity contribution in [2.45, 2.75) is 11.8 Å². The van der Waals surface area contributed by atoms with E-state index in [2.05, 4.69) is 31.2 Å². The number of nitrogens with one attached hydrogen (secondary N) is 2. The summed E-state index contributed by atoms with van der Waals surface area (Å²) in [5.41, 5.74) is 3.76. The van der Waals surface area contributed by atoms with Crippen molar-refractivity contribution in [3.63, 3.8) is 0 Å². The molecule has 0 saturated carbocycles. The molecular weight excluding hydrogens is 566 g/mol. The number of esters is 1. The molecule has 12 heteroatoms. The number of benzene rings is 3. The molecule has 0 aliphatic heterocycles. The number of amides is 1. The zero-order chi connectivity index (χ0) is 27.0. The Kier molecular flexibility index (Phi) is 9.39. The second-order valence-electron chi connectivity index (χ2n) is 7.57. The van der Waals surface area contributed by atoms with Gasteiger partial charge in [-0.2, -0.15) is 5.10 Å². The summed E-state index contributed by atoms with van der Waals surface area (Å²) in [6, 6.07) is 15.7. The molecule has 0 aliphatic rings. The molecule has 194 valence electrons. The van der Waals surface area contributed by atoms with Crippen LogP contribution < -0.4 is 24.4 Å². The zero-order valence-electron chi connectivity index (χ0n) is 20.1. The minimum Gasteiger partial charge on any atom is -0.493 e. The Morgan fingerprint density at radius 2 is 1.62 bits per heavy atom. The summed E-state index contributed by atoms with van der Waals surface area (Å²) in [5, 5.41) is 3.85. The van der Waals surface area contributed by atoms with Gasteiger partial charge in [0.25, 0.3) is 5.91 Å². The summed E-state index contributed by atoms with van der Waals surface area (Å²) in [6.45, 7) is 1.32. The average molecular weight is 590 g/mol. The predicted octanol–water partition coefficient (Wildman–Crippen LogP) is 3.42. The third-order valence-electron chi connectivity index (χ3n) is 4.94. The highest BCUT2D eigenvalue weighted by Crippen LogP contribution is 2.29. The maximum absolute atomic E-state index is 12.7. The summed E-state index contributed by atoms with van der Waals surface area (Å²) in [4.78, 5) is 24.9. The van der Waals surface area contributed by atoms with Gasteiger partial charge < -0.3 is 14.2 Å². The fraction of sp³-hybridized carbons (Fsp3) is 0.160. The quantitative estimate of drug-likeness (QED) is 0.160. The van der Waals surface area contributed by atoms with Crippen LogP contribution in [0, 0.1) is 6.92 Å². The van der Waals surface area contributed by atoms with Crippen LogP contribution in [0.4, 0.5) is 0 Å². The van der Waals surface area contributed by atoms with Gasteiger partial charge in [-0.05, 0) is 55.5 Å². The van der Waals surface area contributed by atoms with Crippen molar-refractivity contribution < 1.29 is 32.2 Å². The lowest BCUT2D eigenvalue weighted by Crippen LogP contribution is -2.34. The van der Waals surface area contributed by atoms with Gasteiger partial charge in [-0.1, -0.05) is 33.6 Å². The van der Waals surface area contributed by atoms with E-state index in [1.807, 2.05) is 6.92 Å². The van der Waals surface area contributed by atoms with E-state index in [9.17, 15) is 18.0 Å².